The largest absolute Gasteiger partial charge is 2.00 e. The van der Waals surface area contributed by atoms with Gasteiger partial charge in [-0.3, -0.25) is 0 Å². The average Bonchev–Trinajstić information content (AvgIpc) is 3.44. The Kier molecular flexibility index (Phi) is 32.7. The fourth-order valence-corrected chi connectivity index (χ4v) is 8.52. The molecule has 2 nitrogen and oxygen atoms in total. The molecule has 56 heavy (non-hydrogen) atoms. The van der Waals surface area contributed by atoms with Crippen molar-refractivity contribution in [1.82, 2.24) is 0 Å². The molecule has 3 rings (SSSR count). The van der Waals surface area contributed by atoms with E-state index in [1.54, 1.807) is 0 Å². The fraction of sp³-hybridized carbons (Fsp3) is 0.615. The van der Waals surface area contributed by atoms with Crippen molar-refractivity contribution in [1.29, 1.82) is 0 Å². The first kappa shape index (κ1) is 54.0. The second-order valence-electron chi connectivity index (χ2n) is 17.2. The van der Waals surface area contributed by atoms with Gasteiger partial charge < -0.3 is 19.4 Å². The topological polar surface area (TPSA) is 25.3 Å². The van der Waals surface area contributed by atoms with Crippen LogP contribution in [-0.2, 0) is 22.5 Å². The molecule has 0 spiro atoms. The second kappa shape index (κ2) is 33.9. The SMILES string of the molecule is CCCCCCCCCCCCCC=CC1=C(c2cccc(C)c2)[N+](=[N-])C(c2cccc(C[Si](C)(C)C)c2)=C1CCCCCCCC.[CH2-]CCC.[CH2-]CCC.[Ni+2]. The molecule has 0 radical (unpaired) electrons. The minimum Gasteiger partial charge on any atom is -0.493 e. The molecular weight excluding hydrogens is 739 g/mol. The van der Waals surface area contributed by atoms with E-state index in [2.05, 4.69) is 129 Å². The van der Waals surface area contributed by atoms with Crippen LogP contribution in [-0.4, -0.2) is 12.8 Å². The first-order chi connectivity index (χ1) is 26.6. The van der Waals surface area contributed by atoms with Gasteiger partial charge in [0.1, 0.15) is 0 Å². The predicted octanol–water partition coefficient (Wildman–Crippen LogP) is 17.8. The van der Waals surface area contributed by atoms with E-state index in [4.69, 9.17) is 0 Å². The van der Waals surface area contributed by atoms with Crippen LogP contribution < -0.4 is 0 Å². The van der Waals surface area contributed by atoms with Crippen LogP contribution in [0.15, 0.2) is 71.8 Å². The smallest absolute Gasteiger partial charge is 0.493 e. The Morgan fingerprint density at radius 2 is 1.07 bits per heavy atom. The van der Waals surface area contributed by atoms with E-state index in [0.29, 0.717) is 0 Å². The third-order valence-electron chi connectivity index (χ3n) is 10.3. The van der Waals surface area contributed by atoms with E-state index in [1.807, 2.05) is 0 Å². The van der Waals surface area contributed by atoms with Crippen LogP contribution in [0, 0.1) is 20.8 Å². The number of benzene rings is 2. The summed E-state index contributed by atoms with van der Waals surface area (Å²) in [6.07, 6.45) is 34.1. The molecule has 318 valence electrons. The van der Waals surface area contributed by atoms with Crippen molar-refractivity contribution in [3.05, 3.63) is 113 Å². The van der Waals surface area contributed by atoms with Gasteiger partial charge in [0.05, 0.1) is 5.57 Å². The molecule has 2 aromatic carbocycles. The molecule has 0 unspecified atom stereocenters. The van der Waals surface area contributed by atoms with Gasteiger partial charge in [0, 0.05) is 24.8 Å². The van der Waals surface area contributed by atoms with Gasteiger partial charge in [0.25, 0.3) is 0 Å². The van der Waals surface area contributed by atoms with Crippen molar-refractivity contribution in [2.75, 3.05) is 0 Å². The number of nitrogens with zero attached hydrogens (tertiary/aromatic N) is 2. The maximum Gasteiger partial charge on any atom is 2.00 e. The zero-order chi connectivity index (χ0) is 40.7. The van der Waals surface area contributed by atoms with Gasteiger partial charge in [-0.25, -0.2) is 4.70 Å². The molecule has 0 amide bonds. The summed E-state index contributed by atoms with van der Waals surface area (Å²) in [5, 5.41) is 0. The summed E-state index contributed by atoms with van der Waals surface area (Å²) in [5.74, 6) is 0. The molecule has 0 bridgehead atoms. The summed E-state index contributed by atoms with van der Waals surface area (Å²) in [4.78, 5) is 0. The Balaban J connectivity index is 0.00000306. The van der Waals surface area contributed by atoms with E-state index in [9.17, 15) is 5.53 Å². The Morgan fingerprint density at radius 3 is 1.55 bits per heavy atom. The summed E-state index contributed by atoms with van der Waals surface area (Å²) in [7, 11) is -1.28. The molecule has 0 aliphatic carbocycles. The van der Waals surface area contributed by atoms with Gasteiger partial charge in [0.15, 0.2) is 0 Å². The normalized spacial score (nSPS) is 12.8. The van der Waals surface area contributed by atoms with E-state index < -0.39 is 8.07 Å². The molecule has 0 saturated heterocycles. The zero-order valence-electron chi connectivity index (χ0n) is 37.9. The summed E-state index contributed by atoms with van der Waals surface area (Å²) in [6, 6.07) is 18.8. The van der Waals surface area contributed by atoms with Crippen molar-refractivity contribution in [2.45, 2.75) is 208 Å². The Morgan fingerprint density at radius 1 is 0.607 bits per heavy atom. The Bertz CT molecular complexity index is 1390. The number of unbranched alkanes of at least 4 members (excludes halogenated alkanes) is 18. The van der Waals surface area contributed by atoms with E-state index >= 15 is 0 Å². The van der Waals surface area contributed by atoms with Gasteiger partial charge in [-0.2, -0.15) is 12.8 Å². The molecule has 2 aromatic rings. The van der Waals surface area contributed by atoms with Gasteiger partial charge in [-0.05, 0) is 68.5 Å². The van der Waals surface area contributed by atoms with Crippen molar-refractivity contribution >= 4 is 19.5 Å². The standard InChI is InChI=1S/C44H68N2Si.2C4H9.Ni/c1-7-9-11-13-15-16-17-18-19-20-21-23-25-32-41-42(33-24-22-14-12-10-8-2)44(40-31-27-29-38(35-40)36-47(4,5)6)46(45)43(41)39-30-26-28-37(3)34-39;2*1-3-4-2;/h25-32,34-35H,7-24,33,36H2,1-6H3;2*1,3-4H2,2H3;/q;2*-1;+2. The van der Waals surface area contributed by atoms with Crippen LogP contribution >= 0.6 is 0 Å². The maximum atomic E-state index is 12.1. The minimum atomic E-state index is -1.28. The van der Waals surface area contributed by atoms with Crippen molar-refractivity contribution in [3.63, 3.8) is 0 Å². The summed E-state index contributed by atoms with van der Waals surface area (Å²) in [5.41, 5.74) is 21.4. The number of rotatable bonds is 26. The maximum absolute atomic E-state index is 12.1. The molecule has 0 fully saturated rings. The number of allylic oxidation sites excluding steroid dienone is 4. The molecule has 0 atom stereocenters. The molecule has 0 saturated carbocycles. The van der Waals surface area contributed by atoms with Crippen LogP contribution in [0.5, 0.6) is 0 Å². The zero-order valence-corrected chi connectivity index (χ0v) is 39.9. The molecule has 0 aromatic heterocycles. The van der Waals surface area contributed by atoms with Gasteiger partial charge in [0.2, 0.25) is 11.4 Å². The third-order valence-corrected chi connectivity index (χ3v) is 11.7. The second-order valence-corrected chi connectivity index (χ2v) is 22.6. The van der Waals surface area contributed by atoms with E-state index in [0.717, 1.165) is 60.7 Å². The Hall–Kier alpha value is -2.03. The predicted molar refractivity (Wildman–Crippen MR) is 251 cm³/mol. The Labute approximate surface area is 360 Å². The number of hydrogen-bond donors (Lipinski definition) is 0. The van der Waals surface area contributed by atoms with Crippen molar-refractivity contribution < 1.29 is 21.2 Å². The summed E-state index contributed by atoms with van der Waals surface area (Å²) < 4.78 is 1.54. The van der Waals surface area contributed by atoms with Crippen LogP contribution in [0.3, 0.4) is 0 Å². The van der Waals surface area contributed by atoms with Crippen molar-refractivity contribution in [2.24, 2.45) is 0 Å². The van der Waals surface area contributed by atoms with E-state index in [-0.39, 0.29) is 16.5 Å². The first-order valence-electron chi connectivity index (χ1n) is 23.0. The van der Waals surface area contributed by atoms with Crippen molar-refractivity contribution in [3.8, 4) is 0 Å². The quantitative estimate of drug-likeness (QED) is 0.0391. The minimum absolute atomic E-state index is 0. The molecular formula is C52H86N2NiSi. The molecule has 0 N–H and O–H groups in total. The van der Waals surface area contributed by atoms with Crippen LogP contribution in [0.1, 0.15) is 198 Å². The monoisotopic (exact) mass is 825 g/mol. The first-order valence-corrected chi connectivity index (χ1v) is 26.7. The average molecular weight is 826 g/mol. The van der Waals surface area contributed by atoms with Crippen LogP contribution in [0.2, 0.25) is 19.6 Å². The van der Waals surface area contributed by atoms with Crippen LogP contribution in [0.4, 0.5) is 0 Å². The molecule has 1 aliphatic rings. The van der Waals surface area contributed by atoms with Gasteiger partial charge in [-0.1, -0.05) is 198 Å². The molecule has 1 heterocycles. The fourth-order valence-electron chi connectivity index (χ4n) is 7.07. The van der Waals surface area contributed by atoms with Crippen LogP contribution in [0.25, 0.3) is 16.9 Å². The van der Waals surface area contributed by atoms with E-state index in [1.165, 1.54) is 143 Å². The van der Waals surface area contributed by atoms with Gasteiger partial charge >= 0.3 is 16.5 Å². The summed E-state index contributed by atoms with van der Waals surface area (Å²) >= 11 is 0. The third kappa shape index (κ3) is 23.4. The molecule has 4 heteroatoms. The number of aryl methyl sites for hydroxylation is 1. The molecule has 1 aliphatic heterocycles. The summed E-state index contributed by atoms with van der Waals surface area (Å²) in [6.45, 7) is 25.5. The number of hydrogen-bond acceptors (Lipinski definition) is 0. The van der Waals surface area contributed by atoms with Gasteiger partial charge in [-0.15, -0.1) is 0 Å².